The number of aryl methyl sites for hydroxylation is 1. The van der Waals surface area contributed by atoms with Crippen molar-refractivity contribution >= 4 is 0 Å². The predicted molar refractivity (Wildman–Crippen MR) is 69.7 cm³/mol. The number of hydrogen-bond acceptors (Lipinski definition) is 2. The van der Waals surface area contributed by atoms with Crippen LogP contribution in [0.5, 0.6) is 0 Å². The fourth-order valence-electron chi connectivity index (χ4n) is 1.93. The third-order valence-electron chi connectivity index (χ3n) is 2.86. The maximum Gasteiger partial charge on any atom is 0.0416 e. The smallest absolute Gasteiger partial charge is 0.0416 e. The topological polar surface area (TPSA) is 16.1 Å². The number of aromatic nitrogens is 1. The first-order chi connectivity index (χ1) is 7.84. The van der Waals surface area contributed by atoms with Crippen LogP contribution in [0.15, 0.2) is 18.3 Å². The third kappa shape index (κ3) is 4.31. The van der Waals surface area contributed by atoms with Crippen LogP contribution in [-0.4, -0.2) is 29.5 Å². The van der Waals surface area contributed by atoms with E-state index in [9.17, 15) is 0 Å². The summed E-state index contributed by atoms with van der Waals surface area (Å²) in [6, 6.07) is 4.29. The van der Waals surface area contributed by atoms with Crippen LogP contribution in [-0.2, 0) is 6.42 Å². The zero-order valence-electron chi connectivity index (χ0n) is 10.9. The molecule has 0 radical (unpaired) electrons. The lowest BCUT2D eigenvalue weighted by atomic mass is 10.2. The highest BCUT2D eigenvalue weighted by atomic mass is 15.1. The number of nitrogens with zero attached hydrogens (tertiary/aromatic N) is 2. The molecule has 0 unspecified atom stereocenters. The van der Waals surface area contributed by atoms with E-state index in [2.05, 4.69) is 28.9 Å². The average Bonchev–Trinajstić information content (AvgIpc) is 2.84. The van der Waals surface area contributed by atoms with Crippen molar-refractivity contribution in [1.29, 1.82) is 0 Å². The lowest BCUT2D eigenvalue weighted by Gasteiger charge is -2.13. The summed E-state index contributed by atoms with van der Waals surface area (Å²) in [4.78, 5) is 6.94. The van der Waals surface area contributed by atoms with Crippen molar-refractivity contribution in [3.8, 4) is 0 Å². The van der Waals surface area contributed by atoms with Gasteiger partial charge in [0, 0.05) is 24.9 Å². The molecule has 0 amide bonds. The normalized spacial score (nSPS) is 15.7. The van der Waals surface area contributed by atoms with E-state index < -0.39 is 0 Å². The van der Waals surface area contributed by atoms with Crippen molar-refractivity contribution < 1.29 is 0 Å². The van der Waals surface area contributed by atoms with Gasteiger partial charge in [-0.1, -0.05) is 19.9 Å². The first-order valence-electron chi connectivity index (χ1n) is 6.48. The van der Waals surface area contributed by atoms with Gasteiger partial charge in [-0.15, -0.1) is 0 Å². The summed E-state index contributed by atoms with van der Waals surface area (Å²) in [7, 11) is 0. The van der Waals surface area contributed by atoms with E-state index in [-0.39, 0.29) is 0 Å². The van der Waals surface area contributed by atoms with Crippen molar-refractivity contribution in [3.05, 3.63) is 29.6 Å². The van der Waals surface area contributed by atoms with E-state index >= 15 is 0 Å². The zero-order chi connectivity index (χ0) is 11.8. The van der Waals surface area contributed by atoms with Crippen LogP contribution in [0.3, 0.4) is 0 Å². The number of rotatable bonds is 3. The summed E-state index contributed by atoms with van der Waals surface area (Å²) >= 11 is 0. The Kier molecular flexibility index (Phi) is 6.09. The highest BCUT2D eigenvalue weighted by Gasteiger charge is 2.10. The summed E-state index contributed by atoms with van der Waals surface area (Å²) in [6.07, 6.45) is 5.81. The molecule has 0 bridgehead atoms. The Balaban J connectivity index is 0.000000606. The molecule has 0 N–H and O–H groups in total. The molecule has 2 heteroatoms. The summed E-state index contributed by atoms with van der Waals surface area (Å²) in [6.45, 7) is 9.82. The van der Waals surface area contributed by atoms with Crippen molar-refractivity contribution in [2.75, 3.05) is 19.6 Å². The van der Waals surface area contributed by atoms with Crippen molar-refractivity contribution in [2.24, 2.45) is 0 Å². The maximum absolute atomic E-state index is 4.41. The Labute approximate surface area is 99.7 Å². The standard InChI is InChI=1S/C12H18N2.C2H6/c1-11-4-5-12(13-10-11)6-9-14-7-2-3-8-14;1-2/h4-5,10H,2-3,6-9H2,1H3;1-2H3. The molecule has 1 fully saturated rings. The summed E-state index contributed by atoms with van der Waals surface area (Å²) in [5.41, 5.74) is 2.47. The SMILES string of the molecule is CC.Cc1ccc(CCN2CCCC2)nc1. The molecule has 2 nitrogen and oxygen atoms in total. The monoisotopic (exact) mass is 220 g/mol. The molecular formula is C14H24N2. The van der Waals surface area contributed by atoms with Crippen LogP contribution in [0.25, 0.3) is 0 Å². The Morgan fingerprint density at radius 1 is 1.19 bits per heavy atom. The van der Waals surface area contributed by atoms with E-state index in [0.717, 1.165) is 6.42 Å². The second kappa shape index (κ2) is 7.39. The third-order valence-corrected chi connectivity index (χ3v) is 2.86. The Morgan fingerprint density at radius 3 is 2.44 bits per heavy atom. The first kappa shape index (κ1) is 13.2. The first-order valence-corrected chi connectivity index (χ1v) is 6.48. The van der Waals surface area contributed by atoms with E-state index in [4.69, 9.17) is 0 Å². The molecule has 1 aromatic rings. The number of likely N-dealkylation sites (tertiary alicyclic amines) is 1. The second-order valence-corrected chi connectivity index (χ2v) is 4.13. The van der Waals surface area contributed by atoms with Gasteiger partial charge in [0.1, 0.15) is 0 Å². The van der Waals surface area contributed by atoms with Gasteiger partial charge < -0.3 is 4.90 Å². The molecule has 1 aromatic heterocycles. The largest absolute Gasteiger partial charge is 0.303 e. The molecule has 90 valence electrons. The van der Waals surface area contributed by atoms with Crippen LogP contribution in [0.1, 0.15) is 37.9 Å². The lowest BCUT2D eigenvalue weighted by Crippen LogP contribution is -2.22. The predicted octanol–water partition coefficient (Wildman–Crippen LogP) is 3.05. The van der Waals surface area contributed by atoms with Crippen LogP contribution in [0.4, 0.5) is 0 Å². The van der Waals surface area contributed by atoms with Crippen molar-refractivity contribution in [2.45, 2.75) is 40.0 Å². The van der Waals surface area contributed by atoms with E-state index in [0.29, 0.717) is 0 Å². The van der Waals surface area contributed by atoms with Crippen LogP contribution in [0.2, 0.25) is 0 Å². The fourth-order valence-corrected chi connectivity index (χ4v) is 1.93. The van der Waals surface area contributed by atoms with Gasteiger partial charge in [-0.2, -0.15) is 0 Å². The highest BCUT2D eigenvalue weighted by Crippen LogP contribution is 2.08. The van der Waals surface area contributed by atoms with Gasteiger partial charge >= 0.3 is 0 Å². The van der Waals surface area contributed by atoms with E-state index in [1.165, 1.54) is 43.7 Å². The molecule has 1 saturated heterocycles. The Morgan fingerprint density at radius 2 is 1.88 bits per heavy atom. The highest BCUT2D eigenvalue weighted by molar-refractivity contribution is 5.12. The Hall–Kier alpha value is -0.890. The fraction of sp³-hybridized carbons (Fsp3) is 0.643. The molecule has 16 heavy (non-hydrogen) atoms. The summed E-state index contributed by atoms with van der Waals surface area (Å²) in [5, 5.41) is 0. The summed E-state index contributed by atoms with van der Waals surface area (Å²) < 4.78 is 0. The Bertz CT molecular complexity index is 273. The van der Waals surface area contributed by atoms with Gasteiger partial charge in [0.2, 0.25) is 0 Å². The zero-order valence-corrected chi connectivity index (χ0v) is 10.9. The van der Waals surface area contributed by atoms with Crippen LogP contribution < -0.4 is 0 Å². The van der Waals surface area contributed by atoms with Crippen LogP contribution in [0, 0.1) is 6.92 Å². The molecule has 2 heterocycles. The van der Waals surface area contributed by atoms with Crippen molar-refractivity contribution in [3.63, 3.8) is 0 Å². The second-order valence-electron chi connectivity index (χ2n) is 4.13. The van der Waals surface area contributed by atoms with Gasteiger partial charge in [0.05, 0.1) is 0 Å². The lowest BCUT2D eigenvalue weighted by molar-refractivity contribution is 0.342. The van der Waals surface area contributed by atoms with Crippen molar-refractivity contribution in [1.82, 2.24) is 9.88 Å². The van der Waals surface area contributed by atoms with E-state index in [1.807, 2.05) is 20.0 Å². The molecule has 0 aliphatic carbocycles. The molecule has 0 aromatic carbocycles. The number of hydrogen-bond donors (Lipinski definition) is 0. The van der Waals surface area contributed by atoms with Crippen LogP contribution >= 0.6 is 0 Å². The molecule has 0 saturated carbocycles. The minimum absolute atomic E-state index is 1.10. The van der Waals surface area contributed by atoms with Gasteiger partial charge in [0.15, 0.2) is 0 Å². The average molecular weight is 220 g/mol. The minimum atomic E-state index is 1.10. The van der Waals surface area contributed by atoms with E-state index in [1.54, 1.807) is 0 Å². The molecule has 1 aliphatic rings. The molecule has 0 spiro atoms. The quantitative estimate of drug-likeness (QED) is 0.778. The molecule has 0 atom stereocenters. The molecule has 2 rings (SSSR count). The van der Waals surface area contributed by atoms with Gasteiger partial charge in [-0.3, -0.25) is 4.98 Å². The van der Waals surface area contributed by atoms with Gasteiger partial charge in [-0.05, 0) is 44.5 Å². The number of pyridine rings is 1. The van der Waals surface area contributed by atoms with Gasteiger partial charge in [0.25, 0.3) is 0 Å². The molecule has 1 aliphatic heterocycles. The minimum Gasteiger partial charge on any atom is -0.303 e. The van der Waals surface area contributed by atoms with Gasteiger partial charge in [-0.25, -0.2) is 0 Å². The maximum atomic E-state index is 4.41. The molecular weight excluding hydrogens is 196 g/mol. The summed E-state index contributed by atoms with van der Waals surface area (Å²) in [5.74, 6) is 0.